The molecule has 1 atom stereocenters. The first kappa shape index (κ1) is 16.9. The van der Waals surface area contributed by atoms with Crippen molar-refractivity contribution in [2.24, 2.45) is 5.92 Å². The Morgan fingerprint density at radius 2 is 2.00 bits per heavy atom. The summed E-state index contributed by atoms with van der Waals surface area (Å²) in [5.74, 6) is 0.291. The molecule has 7 heteroatoms. The van der Waals surface area contributed by atoms with E-state index in [0.29, 0.717) is 25.9 Å². The smallest absolute Gasteiger partial charge is 0.226 e. The van der Waals surface area contributed by atoms with Crippen molar-refractivity contribution in [1.29, 1.82) is 0 Å². The molecule has 0 saturated carbocycles. The van der Waals surface area contributed by atoms with Crippen molar-refractivity contribution in [3.63, 3.8) is 0 Å². The van der Waals surface area contributed by atoms with Crippen LogP contribution in [0.4, 0.5) is 0 Å². The van der Waals surface area contributed by atoms with Crippen LogP contribution in [0.3, 0.4) is 0 Å². The third kappa shape index (κ3) is 3.19. The van der Waals surface area contributed by atoms with Gasteiger partial charge in [0.05, 0.1) is 11.8 Å². The van der Waals surface area contributed by atoms with Crippen LogP contribution < -0.4 is 0 Å². The van der Waals surface area contributed by atoms with E-state index in [1.807, 2.05) is 4.90 Å². The van der Waals surface area contributed by atoms with E-state index in [4.69, 9.17) is 0 Å². The maximum atomic E-state index is 12.9. The Balaban J connectivity index is 1.64. The molecule has 3 heterocycles. The Kier molecular flexibility index (Phi) is 4.80. The monoisotopic (exact) mass is 356 g/mol. The number of amides is 1. The van der Waals surface area contributed by atoms with E-state index < -0.39 is 10.0 Å². The molecule has 2 aliphatic heterocycles. The van der Waals surface area contributed by atoms with Crippen LogP contribution in [-0.4, -0.2) is 48.9 Å². The fourth-order valence-electron chi connectivity index (χ4n) is 3.61. The second kappa shape index (κ2) is 6.53. The summed E-state index contributed by atoms with van der Waals surface area (Å²) in [5.41, 5.74) is 1.28. The molecule has 1 unspecified atom stereocenters. The van der Waals surface area contributed by atoms with Gasteiger partial charge in [0.25, 0.3) is 0 Å². The van der Waals surface area contributed by atoms with Gasteiger partial charge < -0.3 is 4.90 Å². The molecule has 1 fully saturated rings. The normalized spacial score (nSPS) is 23.7. The van der Waals surface area contributed by atoms with Crippen LogP contribution >= 0.6 is 11.3 Å². The lowest BCUT2D eigenvalue weighted by Gasteiger charge is -2.38. The van der Waals surface area contributed by atoms with Crippen LogP contribution in [0.5, 0.6) is 0 Å². The number of carbonyl (C=O) groups is 1. The SMILES string of the molecule is CCS(=O)(=O)N1CCC(C(=O)N2CCc3sccc3C2C)CC1. The van der Waals surface area contributed by atoms with Gasteiger partial charge in [0.2, 0.25) is 15.9 Å². The maximum Gasteiger partial charge on any atom is 0.226 e. The Labute approximate surface area is 142 Å². The minimum atomic E-state index is -3.13. The summed E-state index contributed by atoms with van der Waals surface area (Å²) in [6, 6.07) is 2.26. The lowest BCUT2D eigenvalue weighted by Crippen LogP contribution is -2.46. The van der Waals surface area contributed by atoms with Crippen molar-refractivity contribution in [2.45, 2.75) is 39.2 Å². The molecule has 5 nitrogen and oxygen atoms in total. The van der Waals surface area contributed by atoms with Gasteiger partial charge in [0.15, 0.2) is 0 Å². The van der Waals surface area contributed by atoms with E-state index in [2.05, 4.69) is 18.4 Å². The lowest BCUT2D eigenvalue weighted by atomic mass is 9.93. The van der Waals surface area contributed by atoms with E-state index in [0.717, 1.165) is 13.0 Å². The van der Waals surface area contributed by atoms with Crippen LogP contribution in [-0.2, 0) is 21.2 Å². The predicted octanol–water partition coefficient (Wildman–Crippen LogP) is 2.26. The third-order valence-corrected chi connectivity index (χ3v) is 8.00. The molecule has 1 amide bonds. The minimum Gasteiger partial charge on any atom is -0.335 e. The number of rotatable bonds is 3. The van der Waals surface area contributed by atoms with E-state index in [-0.39, 0.29) is 23.6 Å². The molecule has 2 aliphatic rings. The number of hydrogen-bond donors (Lipinski definition) is 0. The Morgan fingerprint density at radius 1 is 1.30 bits per heavy atom. The minimum absolute atomic E-state index is 0.0408. The number of hydrogen-bond acceptors (Lipinski definition) is 4. The van der Waals surface area contributed by atoms with Crippen molar-refractivity contribution in [1.82, 2.24) is 9.21 Å². The quantitative estimate of drug-likeness (QED) is 0.835. The van der Waals surface area contributed by atoms with Gasteiger partial charge in [-0.25, -0.2) is 12.7 Å². The first-order valence-electron chi connectivity index (χ1n) is 8.28. The molecule has 0 radical (unpaired) electrons. The first-order chi connectivity index (χ1) is 10.9. The summed E-state index contributed by atoms with van der Waals surface area (Å²) in [6.45, 7) is 5.48. The van der Waals surface area contributed by atoms with Crippen molar-refractivity contribution in [3.05, 3.63) is 21.9 Å². The Morgan fingerprint density at radius 3 is 2.65 bits per heavy atom. The first-order valence-corrected chi connectivity index (χ1v) is 10.8. The topological polar surface area (TPSA) is 57.7 Å². The molecule has 0 bridgehead atoms. The summed E-state index contributed by atoms with van der Waals surface area (Å²) in [7, 11) is -3.13. The molecule has 1 aromatic heterocycles. The van der Waals surface area contributed by atoms with E-state index in [9.17, 15) is 13.2 Å². The summed E-state index contributed by atoms with van der Waals surface area (Å²) in [6.07, 6.45) is 2.21. The van der Waals surface area contributed by atoms with Crippen molar-refractivity contribution in [3.8, 4) is 0 Å². The van der Waals surface area contributed by atoms with Gasteiger partial charge in [-0.2, -0.15) is 0 Å². The second-order valence-electron chi connectivity index (χ2n) is 6.33. The average molecular weight is 357 g/mol. The van der Waals surface area contributed by atoms with Gasteiger partial charge in [-0.1, -0.05) is 0 Å². The highest BCUT2D eigenvalue weighted by molar-refractivity contribution is 7.89. The van der Waals surface area contributed by atoms with E-state index >= 15 is 0 Å². The molecular formula is C16H24N2O3S2. The summed E-state index contributed by atoms with van der Waals surface area (Å²) < 4.78 is 25.4. The zero-order valence-corrected chi connectivity index (χ0v) is 15.3. The van der Waals surface area contributed by atoms with Gasteiger partial charge in [-0.05, 0) is 50.1 Å². The molecule has 1 saturated heterocycles. The number of nitrogens with zero attached hydrogens (tertiary/aromatic N) is 2. The fourth-order valence-corrected chi connectivity index (χ4v) is 5.70. The molecule has 1 aromatic rings. The van der Waals surface area contributed by atoms with Crippen LogP contribution in [0, 0.1) is 5.92 Å². The van der Waals surface area contributed by atoms with Crippen LogP contribution in [0.2, 0.25) is 0 Å². The standard InChI is InChI=1S/C16H24N2O3S2/c1-3-23(20,21)17-8-4-13(5-9-17)16(19)18-10-6-15-14(12(18)2)7-11-22-15/h7,11-13H,3-6,8-10H2,1-2H3. The van der Waals surface area contributed by atoms with Gasteiger partial charge in [-0.3, -0.25) is 4.79 Å². The molecule has 0 aromatic carbocycles. The zero-order chi connectivity index (χ0) is 16.6. The number of fused-ring (bicyclic) bond motifs is 1. The van der Waals surface area contributed by atoms with E-state index in [1.54, 1.807) is 18.3 Å². The van der Waals surface area contributed by atoms with Crippen LogP contribution in [0.25, 0.3) is 0 Å². The summed E-state index contributed by atoms with van der Waals surface area (Å²) >= 11 is 1.77. The molecule has 0 spiro atoms. The fraction of sp³-hybridized carbons (Fsp3) is 0.688. The largest absolute Gasteiger partial charge is 0.335 e. The highest BCUT2D eigenvalue weighted by Crippen LogP contribution is 2.34. The van der Waals surface area contributed by atoms with Crippen molar-refractivity contribution >= 4 is 27.3 Å². The molecule has 0 aliphatic carbocycles. The van der Waals surface area contributed by atoms with Crippen LogP contribution in [0.15, 0.2) is 11.4 Å². The predicted molar refractivity (Wildman–Crippen MR) is 91.9 cm³/mol. The highest BCUT2D eigenvalue weighted by Gasteiger charge is 2.35. The summed E-state index contributed by atoms with van der Waals surface area (Å²) in [4.78, 5) is 16.3. The molecule has 128 valence electrons. The Bertz CT molecular complexity index is 675. The third-order valence-electron chi connectivity index (χ3n) is 5.12. The maximum absolute atomic E-state index is 12.9. The van der Waals surface area contributed by atoms with Crippen LogP contribution in [0.1, 0.15) is 43.2 Å². The molecule has 23 heavy (non-hydrogen) atoms. The highest BCUT2D eigenvalue weighted by atomic mass is 32.2. The number of carbonyl (C=O) groups excluding carboxylic acids is 1. The van der Waals surface area contributed by atoms with Gasteiger partial charge >= 0.3 is 0 Å². The average Bonchev–Trinajstić information content (AvgIpc) is 3.04. The number of thiophene rings is 1. The number of piperidine rings is 1. The van der Waals surface area contributed by atoms with E-state index in [1.165, 1.54) is 14.7 Å². The Hall–Kier alpha value is -0.920. The number of sulfonamides is 1. The van der Waals surface area contributed by atoms with Gasteiger partial charge in [0, 0.05) is 30.4 Å². The van der Waals surface area contributed by atoms with Crippen molar-refractivity contribution in [2.75, 3.05) is 25.4 Å². The zero-order valence-electron chi connectivity index (χ0n) is 13.7. The summed E-state index contributed by atoms with van der Waals surface area (Å²) in [5, 5.41) is 2.10. The second-order valence-corrected chi connectivity index (χ2v) is 9.59. The molecular weight excluding hydrogens is 332 g/mol. The van der Waals surface area contributed by atoms with Crippen molar-refractivity contribution < 1.29 is 13.2 Å². The van der Waals surface area contributed by atoms with Gasteiger partial charge in [-0.15, -0.1) is 11.3 Å². The molecule has 0 N–H and O–H groups in total. The van der Waals surface area contributed by atoms with Gasteiger partial charge in [0.1, 0.15) is 0 Å². The lowest BCUT2D eigenvalue weighted by molar-refractivity contribution is -0.139. The molecule has 3 rings (SSSR count).